The Kier molecular flexibility index (Phi) is 3.15. The van der Waals surface area contributed by atoms with Crippen LogP contribution in [0.1, 0.15) is 30.2 Å². The highest BCUT2D eigenvalue weighted by molar-refractivity contribution is 7.98. The van der Waals surface area contributed by atoms with E-state index in [4.69, 9.17) is 8.83 Å². The number of phenols is 1. The van der Waals surface area contributed by atoms with Gasteiger partial charge in [-0.15, -0.1) is 10.2 Å². The lowest BCUT2D eigenvalue weighted by molar-refractivity contribution is 0.414. The minimum atomic E-state index is -0.446. The molecule has 22 heavy (non-hydrogen) atoms. The normalized spacial score (nSPS) is 14.5. The van der Waals surface area contributed by atoms with E-state index >= 15 is 0 Å². The summed E-state index contributed by atoms with van der Waals surface area (Å²) in [5.41, 5.74) is 0.729. The van der Waals surface area contributed by atoms with Gasteiger partial charge in [0.25, 0.3) is 5.22 Å². The molecule has 0 radical (unpaired) electrons. The first kappa shape index (κ1) is 13.4. The lowest BCUT2D eigenvalue weighted by atomic mass is 10.1. The molecule has 2 aromatic heterocycles. The van der Waals surface area contributed by atoms with Crippen molar-refractivity contribution >= 4 is 22.7 Å². The number of nitrogens with zero attached hydrogens (tertiary/aromatic N) is 2. The Bertz CT molecular complexity index is 898. The Morgan fingerprint density at radius 2 is 2.09 bits per heavy atom. The van der Waals surface area contributed by atoms with Gasteiger partial charge in [0.2, 0.25) is 5.89 Å². The van der Waals surface area contributed by atoms with Crippen LogP contribution in [0.4, 0.5) is 0 Å². The Labute approximate surface area is 129 Å². The predicted octanol–water partition coefficient (Wildman–Crippen LogP) is 3.05. The molecule has 7 heteroatoms. The van der Waals surface area contributed by atoms with Crippen molar-refractivity contribution in [3.05, 3.63) is 46.1 Å². The Morgan fingerprint density at radius 1 is 1.23 bits per heavy atom. The second-order valence-corrected chi connectivity index (χ2v) is 6.17. The fourth-order valence-electron chi connectivity index (χ4n) is 2.25. The number of aromatic hydroxyl groups is 1. The van der Waals surface area contributed by atoms with Crippen LogP contribution >= 0.6 is 11.8 Å². The van der Waals surface area contributed by atoms with Crippen LogP contribution in [0.2, 0.25) is 0 Å². The van der Waals surface area contributed by atoms with Gasteiger partial charge in [0, 0.05) is 29.2 Å². The molecule has 0 spiro atoms. The zero-order valence-electron chi connectivity index (χ0n) is 11.5. The second-order valence-electron chi connectivity index (χ2n) is 5.24. The molecule has 4 rings (SSSR count). The molecule has 112 valence electrons. The number of thioether (sulfide) groups is 1. The van der Waals surface area contributed by atoms with Crippen LogP contribution in [0, 0.1) is 0 Å². The molecule has 6 nitrogen and oxygen atoms in total. The van der Waals surface area contributed by atoms with Gasteiger partial charge in [-0.1, -0.05) is 11.8 Å². The van der Waals surface area contributed by atoms with Crippen LogP contribution in [0.3, 0.4) is 0 Å². The highest BCUT2D eigenvalue weighted by atomic mass is 32.2. The summed E-state index contributed by atoms with van der Waals surface area (Å²) >= 11 is 1.38. The van der Waals surface area contributed by atoms with Crippen molar-refractivity contribution in [2.24, 2.45) is 0 Å². The maximum absolute atomic E-state index is 11.6. The van der Waals surface area contributed by atoms with E-state index in [1.165, 1.54) is 23.9 Å². The van der Waals surface area contributed by atoms with E-state index in [2.05, 4.69) is 10.2 Å². The van der Waals surface area contributed by atoms with E-state index < -0.39 is 5.63 Å². The summed E-state index contributed by atoms with van der Waals surface area (Å²) in [5, 5.41) is 18.8. The average Bonchev–Trinajstić information content (AvgIpc) is 3.23. The monoisotopic (exact) mass is 316 g/mol. The first-order valence-electron chi connectivity index (χ1n) is 6.91. The van der Waals surface area contributed by atoms with Crippen LogP contribution in [0.25, 0.3) is 11.0 Å². The largest absolute Gasteiger partial charge is 0.508 e. The quantitative estimate of drug-likeness (QED) is 0.584. The smallest absolute Gasteiger partial charge is 0.336 e. The van der Waals surface area contributed by atoms with E-state index in [1.807, 2.05) is 0 Å². The predicted molar refractivity (Wildman–Crippen MR) is 80.0 cm³/mol. The average molecular weight is 316 g/mol. The summed E-state index contributed by atoms with van der Waals surface area (Å²) in [6.45, 7) is 0. The maximum Gasteiger partial charge on any atom is 0.336 e. The minimum Gasteiger partial charge on any atom is -0.508 e. The molecule has 1 aliphatic carbocycles. The molecular weight excluding hydrogens is 304 g/mol. The summed E-state index contributed by atoms with van der Waals surface area (Å²) in [7, 11) is 0. The molecule has 0 bridgehead atoms. The van der Waals surface area contributed by atoms with Crippen LogP contribution in [0.5, 0.6) is 5.75 Å². The molecular formula is C15H12N2O4S. The van der Waals surface area contributed by atoms with Crippen LogP contribution in [0.15, 0.2) is 43.1 Å². The first-order valence-corrected chi connectivity index (χ1v) is 7.89. The van der Waals surface area contributed by atoms with E-state index in [0.29, 0.717) is 28.4 Å². The summed E-state index contributed by atoms with van der Waals surface area (Å²) in [4.78, 5) is 11.6. The van der Waals surface area contributed by atoms with E-state index in [9.17, 15) is 9.90 Å². The summed E-state index contributed by atoms with van der Waals surface area (Å²) in [6, 6.07) is 6.18. The number of benzene rings is 1. The van der Waals surface area contributed by atoms with Gasteiger partial charge in [0.1, 0.15) is 11.3 Å². The minimum absolute atomic E-state index is 0.0615. The SMILES string of the molecule is O=c1cc(CSc2nnc(C3CC3)o2)c2ccc(O)cc2o1. The molecule has 0 saturated heterocycles. The Balaban J connectivity index is 1.61. The van der Waals surface area contributed by atoms with Gasteiger partial charge in [0.05, 0.1) is 0 Å². The highest BCUT2D eigenvalue weighted by Crippen LogP contribution is 2.40. The van der Waals surface area contributed by atoms with Gasteiger partial charge < -0.3 is 13.9 Å². The Hall–Kier alpha value is -2.28. The number of hydrogen-bond acceptors (Lipinski definition) is 7. The lowest BCUT2D eigenvalue weighted by Gasteiger charge is -2.03. The van der Waals surface area contributed by atoms with Gasteiger partial charge >= 0.3 is 5.63 Å². The van der Waals surface area contributed by atoms with Crippen molar-refractivity contribution in [3.8, 4) is 5.75 Å². The molecule has 1 fully saturated rings. The van der Waals surface area contributed by atoms with E-state index in [0.717, 1.165) is 23.8 Å². The highest BCUT2D eigenvalue weighted by Gasteiger charge is 2.29. The molecule has 3 aromatic rings. The summed E-state index contributed by atoms with van der Waals surface area (Å²) < 4.78 is 10.7. The van der Waals surface area contributed by atoms with Crippen LogP contribution < -0.4 is 5.63 Å². The van der Waals surface area contributed by atoms with E-state index in [1.54, 1.807) is 12.1 Å². The molecule has 2 heterocycles. The fourth-order valence-corrected chi connectivity index (χ4v) is 3.01. The molecule has 0 amide bonds. The molecule has 0 aliphatic heterocycles. The maximum atomic E-state index is 11.6. The van der Waals surface area contributed by atoms with Crippen molar-refractivity contribution < 1.29 is 13.9 Å². The molecule has 0 unspecified atom stereocenters. The zero-order valence-corrected chi connectivity index (χ0v) is 12.3. The standard InChI is InChI=1S/C15H12N2O4S/c18-10-3-4-11-9(5-13(19)20-12(11)6-10)7-22-15-17-16-14(21-15)8-1-2-8/h3-6,8,18H,1-2,7H2. The van der Waals surface area contributed by atoms with Crippen molar-refractivity contribution in [2.75, 3.05) is 0 Å². The third-order valence-electron chi connectivity index (χ3n) is 3.51. The summed E-state index contributed by atoms with van der Waals surface area (Å²) in [6.07, 6.45) is 2.22. The van der Waals surface area contributed by atoms with Crippen molar-refractivity contribution in [2.45, 2.75) is 29.7 Å². The number of aromatic nitrogens is 2. The van der Waals surface area contributed by atoms with Crippen molar-refractivity contribution in [1.82, 2.24) is 10.2 Å². The fraction of sp³-hybridized carbons (Fsp3) is 0.267. The van der Waals surface area contributed by atoms with Crippen molar-refractivity contribution in [3.63, 3.8) is 0 Å². The molecule has 1 aliphatic rings. The third-order valence-corrected chi connectivity index (χ3v) is 4.38. The van der Waals surface area contributed by atoms with Gasteiger partial charge in [-0.05, 0) is 30.5 Å². The molecule has 1 N–H and O–H groups in total. The van der Waals surface area contributed by atoms with Crippen LogP contribution in [-0.4, -0.2) is 15.3 Å². The molecule has 1 saturated carbocycles. The number of phenolic OH excluding ortho intramolecular Hbond substituents is 1. The van der Waals surface area contributed by atoms with Crippen molar-refractivity contribution in [1.29, 1.82) is 0 Å². The van der Waals surface area contributed by atoms with Gasteiger partial charge in [0.15, 0.2) is 0 Å². The number of fused-ring (bicyclic) bond motifs is 1. The third kappa shape index (κ3) is 2.59. The topological polar surface area (TPSA) is 89.4 Å². The molecule has 1 aromatic carbocycles. The number of hydrogen-bond donors (Lipinski definition) is 1. The van der Waals surface area contributed by atoms with Crippen LogP contribution in [-0.2, 0) is 5.75 Å². The molecule has 0 atom stereocenters. The van der Waals surface area contributed by atoms with E-state index in [-0.39, 0.29) is 5.75 Å². The second kappa shape index (κ2) is 5.17. The lowest BCUT2D eigenvalue weighted by Crippen LogP contribution is -1.99. The first-order chi connectivity index (χ1) is 10.7. The zero-order chi connectivity index (χ0) is 15.1. The van der Waals surface area contributed by atoms with Gasteiger partial charge in [-0.2, -0.15) is 0 Å². The van der Waals surface area contributed by atoms with Gasteiger partial charge in [-0.3, -0.25) is 0 Å². The van der Waals surface area contributed by atoms with Gasteiger partial charge in [-0.25, -0.2) is 4.79 Å². The summed E-state index contributed by atoms with van der Waals surface area (Å²) in [5.74, 6) is 1.70. The number of rotatable bonds is 4. The Morgan fingerprint density at radius 3 is 2.91 bits per heavy atom.